The van der Waals surface area contributed by atoms with Gasteiger partial charge in [-0.3, -0.25) is 4.79 Å². The van der Waals surface area contributed by atoms with E-state index >= 15 is 0 Å². The molecule has 0 atom stereocenters. The van der Waals surface area contributed by atoms with Crippen molar-refractivity contribution >= 4 is 29.2 Å². The lowest BCUT2D eigenvalue weighted by molar-refractivity contribution is -0.139. The van der Waals surface area contributed by atoms with Crippen LogP contribution in [-0.2, 0) is 4.79 Å². The van der Waals surface area contributed by atoms with Crippen molar-refractivity contribution in [3.8, 4) is 0 Å². The molecule has 1 aromatic rings. The second-order valence-corrected chi connectivity index (χ2v) is 4.34. The standard InChI is InChI=1S/C11H8ClF3N2O2/c12-7-3-1-2-4-8(7)17-9(18)5-16(10(17)19)6-11(13,14)15/h1-4H,5-6H2. The van der Waals surface area contributed by atoms with E-state index in [0.717, 1.165) is 0 Å². The largest absolute Gasteiger partial charge is 0.406 e. The summed E-state index contributed by atoms with van der Waals surface area (Å²) in [6, 6.07) is 4.95. The molecule has 0 aromatic heterocycles. The molecule has 0 saturated carbocycles. The number of carbonyl (C=O) groups excluding carboxylic acids is 2. The number of imide groups is 1. The van der Waals surface area contributed by atoms with E-state index in [-0.39, 0.29) is 10.7 Å². The fraction of sp³-hybridized carbons (Fsp3) is 0.273. The summed E-state index contributed by atoms with van der Waals surface area (Å²) in [5, 5.41) is 0.123. The lowest BCUT2D eigenvalue weighted by Crippen LogP contribution is -2.38. The van der Waals surface area contributed by atoms with Crippen molar-refractivity contribution in [2.24, 2.45) is 0 Å². The average molecular weight is 293 g/mol. The van der Waals surface area contributed by atoms with Gasteiger partial charge in [0.1, 0.15) is 13.1 Å². The van der Waals surface area contributed by atoms with Crippen molar-refractivity contribution in [2.75, 3.05) is 18.0 Å². The number of hydrogen-bond donors (Lipinski definition) is 0. The summed E-state index contributed by atoms with van der Waals surface area (Å²) in [6.07, 6.45) is -4.55. The Morgan fingerprint density at radius 3 is 2.42 bits per heavy atom. The number of halogens is 4. The molecule has 1 fully saturated rings. The van der Waals surface area contributed by atoms with Gasteiger partial charge in [-0.1, -0.05) is 23.7 Å². The third-order valence-electron chi connectivity index (χ3n) is 2.50. The molecule has 1 saturated heterocycles. The van der Waals surface area contributed by atoms with E-state index in [1.54, 1.807) is 6.07 Å². The summed E-state index contributed by atoms with van der Waals surface area (Å²) in [5.74, 6) is -0.734. The summed E-state index contributed by atoms with van der Waals surface area (Å²) >= 11 is 5.83. The first kappa shape index (κ1) is 13.7. The van der Waals surface area contributed by atoms with Crippen LogP contribution in [0.4, 0.5) is 23.7 Å². The highest BCUT2D eigenvalue weighted by Crippen LogP contribution is 2.30. The third kappa shape index (κ3) is 2.81. The Morgan fingerprint density at radius 2 is 1.84 bits per heavy atom. The van der Waals surface area contributed by atoms with Crippen LogP contribution in [0.15, 0.2) is 24.3 Å². The maximum Gasteiger partial charge on any atom is 0.406 e. The van der Waals surface area contributed by atoms with Crippen LogP contribution in [-0.4, -0.2) is 36.1 Å². The molecule has 2 rings (SSSR count). The van der Waals surface area contributed by atoms with E-state index in [1.165, 1.54) is 18.2 Å². The van der Waals surface area contributed by atoms with Crippen LogP contribution in [0.3, 0.4) is 0 Å². The van der Waals surface area contributed by atoms with Gasteiger partial charge in [-0.05, 0) is 12.1 Å². The number of urea groups is 1. The molecule has 1 aliphatic rings. The van der Waals surface area contributed by atoms with E-state index in [9.17, 15) is 22.8 Å². The van der Waals surface area contributed by atoms with E-state index in [1.807, 2.05) is 0 Å². The zero-order valence-corrected chi connectivity index (χ0v) is 10.2. The maximum atomic E-state index is 12.3. The molecule has 0 spiro atoms. The van der Waals surface area contributed by atoms with Gasteiger partial charge in [0, 0.05) is 0 Å². The van der Waals surface area contributed by atoms with E-state index in [0.29, 0.717) is 9.80 Å². The summed E-state index contributed by atoms with van der Waals surface area (Å²) in [5.41, 5.74) is 0.0869. The van der Waals surface area contributed by atoms with Crippen molar-refractivity contribution in [3.63, 3.8) is 0 Å². The summed E-state index contributed by atoms with van der Waals surface area (Å²) in [4.78, 5) is 24.6. The summed E-state index contributed by atoms with van der Waals surface area (Å²) in [7, 11) is 0. The Morgan fingerprint density at radius 1 is 1.21 bits per heavy atom. The number of nitrogens with zero attached hydrogens (tertiary/aromatic N) is 2. The molecule has 1 heterocycles. The summed E-state index contributed by atoms with van der Waals surface area (Å²) in [6.45, 7) is -2.07. The Labute approximate surface area is 111 Å². The average Bonchev–Trinajstić information content (AvgIpc) is 2.53. The fourth-order valence-electron chi connectivity index (χ4n) is 1.76. The second kappa shape index (κ2) is 4.73. The summed E-state index contributed by atoms with van der Waals surface area (Å²) < 4.78 is 36.8. The molecule has 0 radical (unpaired) electrons. The maximum absolute atomic E-state index is 12.3. The lowest BCUT2D eigenvalue weighted by Gasteiger charge is -2.18. The molecule has 1 aliphatic heterocycles. The van der Waals surface area contributed by atoms with Gasteiger partial charge in [-0.25, -0.2) is 9.69 Å². The Kier molecular flexibility index (Phi) is 3.40. The predicted molar refractivity (Wildman–Crippen MR) is 62.0 cm³/mol. The zero-order valence-electron chi connectivity index (χ0n) is 9.45. The number of alkyl halides is 3. The van der Waals surface area contributed by atoms with Crippen molar-refractivity contribution in [3.05, 3.63) is 29.3 Å². The smallest absolute Gasteiger partial charge is 0.306 e. The second-order valence-electron chi connectivity index (χ2n) is 3.93. The molecule has 19 heavy (non-hydrogen) atoms. The molecule has 0 unspecified atom stereocenters. The first-order chi connectivity index (χ1) is 8.79. The monoisotopic (exact) mass is 292 g/mol. The molecule has 8 heteroatoms. The van der Waals surface area contributed by atoms with Crippen LogP contribution in [0.2, 0.25) is 5.02 Å². The fourth-order valence-corrected chi connectivity index (χ4v) is 1.98. The number of hydrogen-bond acceptors (Lipinski definition) is 2. The molecule has 4 nitrogen and oxygen atoms in total. The van der Waals surface area contributed by atoms with Crippen molar-refractivity contribution in [1.29, 1.82) is 0 Å². The van der Waals surface area contributed by atoms with Gasteiger partial charge >= 0.3 is 12.2 Å². The first-order valence-electron chi connectivity index (χ1n) is 5.23. The van der Waals surface area contributed by atoms with Crippen LogP contribution < -0.4 is 4.90 Å². The first-order valence-corrected chi connectivity index (χ1v) is 5.60. The van der Waals surface area contributed by atoms with Crippen molar-refractivity contribution in [2.45, 2.75) is 6.18 Å². The van der Waals surface area contributed by atoms with Crippen LogP contribution in [0.1, 0.15) is 0 Å². The highest BCUT2D eigenvalue weighted by Gasteiger charge is 2.43. The predicted octanol–water partition coefficient (Wildman–Crippen LogP) is 2.67. The molecule has 0 aliphatic carbocycles. The van der Waals surface area contributed by atoms with E-state index in [4.69, 9.17) is 11.6 Å². The van der Waals surface area contributed by atoms with E-state index < -0.39 is 31.2 Å². The quantitative estimate of drug-likeness (QED) is 0.786. The number of carbonyl (C=O) groups is 2. The Balaban J connectivity index is 2.27. The number of rotatable bonds is 2. The normalized spacial score (nSPS) is 16.4. The van der Waals surface area contributed by atoms with Gasteiger partial charge in [-0.2, -0.15) is 13.2 Å². The van der Waals surface area contributed by atoms with Crippen LogP contribution in [0.5, 0.6) is 0 Å². The number of benzene rings is 1. The van der Waals surface area contributed by atoms with Gasteiger partial charge in [0.05, 0.1) is 10.7 Å². The van der Waals surface area contributed by atoms with Crippen LogP contribution in [0, 0.1) is 0 Å². The van der Waals surface area contributed by atoms with Gasteiger partial charge in [0.2, 0.25) is 0 Å². The molecular weight excluding hydrogens is 285 g/mol. The van der Waals surface area contributed by atoms with Gasteiger partial charge in [0.15, 0.2) is 0 Å². The topological polar surface area (TPSA) is 40.6 Å². The molecule has 1 aromatic carbocycles. The highest BCUT2D eigenvalue weighted by atomic mass is 35.5. The Hall–Kier alpha value is -1.76. The third-order valence-corrected chi connectivity index (χ3v) is 2.82. The molecule has 0 N–H and O–H groups in total. The van der Waals surface area contributed by atoms with Crippen LogP contribution in [0.25, 0.3) is 0 Å². The molecular formula is C11H8ClF3N2O2. The minimum atomic E-state index is -4.55. The number of amides is 3. The molecule has 0 bridgehead atoms. The molecule has 102 valence electrons. The van der Waals surface area contributed by atoms with Gasteiger partial charge in [-0.15, -0.1) is 0 Å². The molecule has 3 amide bonds. The minimum Gasteiger partial charge on any atom is -0.306 e. The lowest BCUT2D eigenvalue weighted by atomic mass is 10.3. The van der Waals surface area contributed by atoms with Crippen molar-refractivity contribution < 1.29 is 22.8 Å². The number of anilines is 1. The van der Waals surface area contributed by atoms with Gasteiger partial charge in [0.25, 0.3) is 5.91 Å². The Bertz CT molecular complexity index is 533. The van der Waals surface area contributed by atoms with Gasteiger partial charge < -0.3 is 4.90 Å². The van der Waals surface area contributed by atoms with Crippen LogP contribution >= 0.6 is 11.6 Å². The minimum absolute atomic E-state index is 0.0869. The van der Waals surface area contributed by atoms with E-state index in [2.05, 4.69) is 0 Å². The zero-order chi connectivity index (χ0) is 14.2. The SMILES string of the molecule is O=C1CN(CC(F)(F)F)C(=O)N1c1ccccc1Cl. The number of para-hydroxylation sites is 1. The van der Waals surface area contributed by atoms with Crippen molar-refractivity contribution in [1.82, 2.24) is 4.90 Å². The highest BCUT2D eigenvalue weighted by molar-refractivity contribution is 6.35.